The second kappa shape index (κ2) is 6.05. The summed E-state index contributed by atoms with van der Waals surface area (Å²) in [6.45, 7) is 0.876. The van der Waals surface area contributed by atoms with Gasteiger partial charge in [-0.3, -0.25) is 0 Å². The van der Waals surface area contributed by atoms with E-state index < -0.39 is 0 Å². The molecule has 0 bridgehead atoms. The molecule has 1 saturated carbocycles. The van der Waals surface area contributed by atoms with E-state index in [-0.39, 0.29) is 0 Å². The number of nitrogens with two attached hydrogens (primary N) is 1. The fourth-order valence-electron chi connectivity index (χ4n) is 2.44. The van der Waals surface area contributed by atoms with Crippen molar-refractivity contribution in [3.05, 3.63) is 0 Å². The molecular weight excluding hydrogens is 158 g/mol. The summed E-state index contributed by atoms with van der Waals surface area (Å²) < 4.78 is 0. The van der Waals surface area contributed by atoms with Crippen LogP contribution in [0.5, 0.6) is 0 Å². The van der Waals surface area contributed by atoms with Gasteiger partial charge >= 0.3 is 0 Å². The van der Waals surface area contributed by atoms with E-state index in [0.29, 0.717) is 0 Å². The maximum Gasteiger partial charge on any atom is 0.00861 e. The largest absolute Gasteiger partial charge is 0.330 e. The Morgan fingerprint density at radius 1 is 1.23 bits per heavy atom. The first-order valence-electron chi connectivity index (χ1n) is 5.52. The highest BCUT2D eigenvalue weighted by Crippen LogP contribution is 2.32. The molecule has 2 N–H and O–H groups in total. The lowest BCUT2D eigenvalue weighted by Gasteiger charge is -2.30. The summed E-state index contributed by atoms with van der Waals surface area (Å²) in [6.07, 6.45) is 14.2. The summed E-state index contributed by atoms with van der Waals surface area (Å²) in [6, 6.07) is 0. The van der Waals surface area contributed by atoms with Crippen molar-refractivity contribution in [2.24, 2.45) is 17.6 Å². The van der Waals surface area contributed by atoms with Crippen LogP contribution in [0.1, 0.15) is 44.9 Å². The van der Waals surface area contributed by atoms with Crippen molar-refractivity contribution in [2.45, 2.75) is 44.9 Å². The van der Waals surface area contributed by atoms with E-state index in [4.69, 9.17) is 12.2 Å². The monoisotopic (exact) mass is 179 g/mol. The highest BCUT2D eigenvalue weighted by Gasteiger charge is 2.22. The van der Waals surface area contributed by atoms with Gasteiger partial charge in [-0.2, -0.15) is 0 Å². The quantitative estimate of drug-likeness (QED) is 0.521. The zero-order valence-electron chi connectivity index (χ0n) is 8.47. The third-order valence-electron chi connectivity index (χ3n) is 3.27. The van der Waals surface area contributed by atoms with Gasteiger partial charge in [-0.25, -0.2) is 0 Å². The molecule has 0 aliphatic heterocycles. The van der Waals surface area contributed by atoms with Gasteiger partial charge in [0.05, 0.1) is 0 Å². The zero-order chi connectivity index (χ0) is 9.52. The molecule has 0 aromatic carbocycles. The molecule has 1 heteroatoms. The molecule has 2 atom stereocenters. The van der Waals surface area contributed by atoms with Gasteiger partial charge in [0.15, 0.2) is 0 Å². The molecule has 2 unspecified atom stereocenters. The van der Waals surface area contributed by atoms with Gasteiger partial charge in [0.25, 0.3) is 0 Å². The summed E-state index contributed by atoms with van der Waals surface area (Å²) in [4.78, 5) is 0. The van der Waals surface area contributed by atoms with Crippen molar-refractivity contribution in [1.82, 2.24) is 0 Å². The molecule has 1 rings (SSSR count). The second-order valence-electron chi connectivity index (χ2n) is 4.14. The van der Waals surface area contributed by atoms with Crippen molar-refractivity contribution in [3.63, 3.8) is 0 Å². The Morgan fingerprint density at radius 3 is 2.54 bits per heavy atom. The van der Waals surface area contributed by atoms with E-state index >= 15 is 0 Å². The van der Waals surface area contributed by atoms with Gasteiger partial charge in [-0.15, -0.1) is 12.3 Å². The predicted octanol–water partition coefficient (Wildman–Crippen LogP) is 2.55. The lowest BCUT2D eigenvalue weighted by Crippen LogP contribution is -2.26. The minimum atomic E-state index is 0.784. The lowest BCUT2D eigenvalue weighted by molar-refractivity contribution is 0.227. The summed E-state index contributed by atoms with van der Waals surface area (Å²) in [7, 11) is 0. The second-order valence-corrected chi connectivity index (χ2v) is 4.14. The number of hydrogen-bond acceptors (Lipinski definition) is 1. The van der Waals surface area contributed by atoms with Crippen LogP contribution in [0.3, 0.4) is 0 Å². The van der Waals surface area contributed by atoms with Gasteiger partial charge in [0.2, 0.25) is 0 Å². The van der Waals surface area contributed by atoms with Crippen LogP contribution < -0.4 is 5.73 Å². The SMILES string of the molecule is C#CCCCC1CCCCC1CN. The summed E-state index contributed by atoms with van der Waals surface area (Å²) >= 11 is 0. The molecule has 1 fully saturated rings. The molecule has 74 valence electrons. The highest BCUT2D eigenvalue weighted by atomic mass is 14.6. The van der Waals surface area contributed by atoms with E-state index in [9.17, 15) is 0 Å². The summed E-state index contributed by atoms with van der Waals surface area (Å²) in [5.41, 5.74) is 5.76. The van der Waals surface area contributed by atoms with E-state index in [2.05, 4.69) is 5.92 Å². The van der Waals surface area contributed by atoms with Crippen LogP contribution in [0.4, 0.5) is 0 Å². The molecule has 0 spiro atoms. The normalized spacial score (nSPS) is 28.3. The maximum atomic E-state index is 5.76. The molecule has 0 radical (unpaired) electrons. The first-order chi connectivity index (χ1) is 6.38. The van der Waals surface area contributed by atoms with Crippen LogP contribution >= 0.6 is 0 Å². The van der Waals surface area contributed by atoms with E-state index in [1.54, 1.807) is 0 Å². The van der Waals surface area contributed by atoms with Gasteiger partial charge in [0.1, 0.15) is 0 Å². The van der Waals surface area contributed by atoms with Crippen molar-refractivity contribution in [1.29, 1.82) is 0 Å². The third kappa shape index (κ3) is 3.40. The van der Waals surface area contributed by atoms with Gasteiger partial charge in [-0.1, -0.05) is 19.3 Å². The van der Waals surface area contributed by atoms with Crippen LogP contribution in [0.2, 0.25) is 0 Å². The first kappa shape index (κ1) is 10.6. The third-order valence-corrected chi connectivity index (χ3v) is 3.27. The van der Waals surface area contributed by atoms with Gasteiger partial charge in [-0.05, 0) is 37.6 Å². The summed E-state index contributed by atoms with van der Waals surface area (Å²) in [5, 5.41) is 0. The smallest absolute Gasteiger partial charge is 0.00861 e. The van der Waals surface area contributed by atoms with Crippen molar-refractivity contribution in [2.75, 3.05) is 6.54 Å². The Labute approximate surface area is 82.1 Å². The minimum absolute atomic E-state index is 0.784. The van der Waals surface area contributed by atoms with Crippen molar-refractivity contribution < 1.29 is 0 Å². The molecular formula is C12H21N. The first-order valence-corrected chi connectivity index (χ1v) is 5.52. The Hall–Kier alpha value is -0.480. The lowest BCUT2D eigenvalue weighted by atomic mass is 9.77. The average molecular weight is 179 g/mol. The molecule has 1 aliphatic carbocycles. The highest BCUT2D eigenvalue weighted by molar-refractivity contribution is 4.84. The Bertz CT molecular complexity index is 168. The molecule has 1 aliphatic rings. The maximum absolute atomic E-state index is 5.76. The Balaban J connectivity index is 2.24. The van der Waals surface area contributed by atoms with Gasteiger partial charge in [0, 0.05) is 6.42 Å². The Morgan fingerprint density at radius 2 is 1.92 bits per heavy atom. The van der Waals surface area contributed by atoms with Gasteiger partial charge < -0.3 is 5.73 Å². The molecule has 1 nitrogen and oxygen atoms in total. The van der Waals surface area contributed by atoms with E-state index in [1.165, 1.54) is 38.5 Å². The molecule has 0 saturated heterocycles. The van der Waals surface area contributed by atoms with Crippen LogP contribution in [0.15, 0.2) is 0 Å². The average Bonchev–Trinajstić information content (AvgIpc) is 2.19. The number of terminal acetylenes is 1. The predicted molar refractivity (Wildman–Crippen MR) is 57.2 cm³/mol. The molecule has 0 heterocycles. The van der Waals surface area contributed by atoms with E-state index in [0.717, 1.165) is 24.8 Å². The number of rotatable bonds is 4. The minimum Gasteiger partial charge on any atom is -0.330 e. The molecule has 0 aromatic heterocycles. The van der Waals surface area contributed by atoms with Crippen molar-refractivity contribution in [3.8, 4) is 12.3 Å². The zero-order valence-corrected chi connectivity index (χ0v) is 8.47. The molecule has 13 heavy (non-hydrogen) atoms. The molecule has 0 aromatic rings. The fourth-order valence-corrected chi connectivity index (χ4v) is 2.44. The topological polar surface area (TPSA) is 26.0 Å². The van der Waals surface area contributed by atoms with Crippen LogP contribution in [0.25, 0.3) is 0 Å². The van der Waals surface area contributed by atoms with Crippen LogP contribution in [-0.2, 0) is 0 Å². The molecule has 0 amide bonds. The number of unbranched alkanes of at least 4 members (excludes halogenated alkanes) is 1. The van der Waals surface area contributed by atoms with Crippen LogP contribution in [-0.4, -0.2) is 6.54 Å². The standard InChI is InChI=1S/C12H21N/c1-2-3-4-7-11-8-5-6-9-12(11)10-13/h1,11-12H,3-10,13H2. The summed E-state index contributed by atoms with van der Waals surface area (Å²) in [5.74, 6) is 4.36. The Kier molecular flexibility index (Phi) is 4.93. The van der Waals surface area contributed by atoms with Crippen molar-refractivity contribution >= 4 is 0 Å². The fraction of sp³-hybridized carbons (Fsp3) is 0.833. The van der Waals surface area contributed by atoms with E-state index in [1.807, 2.05) is 0 Å². The number of hydrogen-bond donors (Lipinski definition) is 1. The van der Waals surface area contributed by atoms with Crippen LogP contribution in [0, 0.1) is 24.2 Å².